The van der Waals surface area contributed by atoms with Crippen LogP contribution in [-0.2, 0) is 6.54 Å². The minimum absolute atomic E-state index is 0.0363. The van der Waals surface area contributed by atoms with Crippen LogP contribution in [0.4, 0.5) is 5.95 Å². The van der Waals surface area contributed by atoms with Gasteiger partial charge in [-0.25, -0.2) is 4.98 Å². The van der Waals surface area contributed by atoms with Gasteiger partial charge in [-0.05, 0) is 13.0 Å². The molecule has 0 spiro atoms. The second-order valence-electron chi connectivity index (χ2n) is 3.14. The first-order chi connectivity index (χ1) is 7.26. The summed E-state index contributed by atoms with van der Waals surface area (Å²) < 4.78 is 1.62. The third-order valence-electron chi connectivity index (χ3n) is 2.26. The van der Waals surface area contributed by atoms with E-state index in [1.807, 2.05) is 6.92 Å². The molecular formula is C10H12N4O. The Labute approximate surface area is 86.8 Å². The molecule has 0 radical (unpaired) electrons. The average Bonchev–Trinajstić information content (AvgIpc) is 2.28. The molecule has 2 heterocycles. The molecule has 0 saturated carbocycles. The second kappa shape index (κ2) is 3.68. The number of rotatable bonds is 2. The number of aromatic nitrogens is 3. The van der Waals surface area contributed by atoms with Crippen molar-refractivity contribution in [3.05, 3.63) is 28.7 Å². The molecule has 0 aliphatic heterocycles. The van der Waals surface area contributed by atoms with Crippen LogP contribution < -0.4 is 10.9 Å². The zero-order valence-corrected chi connectivity index (χ0v) is 8.69. The van der Waals surface area contributed by atoms with Gasteiger partial charge < -0.3 is 5.32 Å². The Kier molecular flexibility index (Phi) is 2.37. The Morgan fingerprint density at radius 3 is 2.93 bits per heavy atom. The summed E-state index contributed by atoms with van der Waals surface area (Å²) in [6, 6.07) is 3.28. The van der Waals surface area contributed by atoms with Gasteiger partial charge in [-0.1, -0.05) is 0 Å². The lowest BCUT2D eigenvalue weighted by molar-refractivity contribution is 0.749. The first kappa shape index (κ1) is 9.64. The van der Waals surface area contributed by atoms with E-state index >= 15 is 0 Å². The van der Waals surface area contributed by atoms with E-state index in [0.717, 1.165) is 5.39 Å². The lowest BCUT2D eigenvalue weighted by Crippen LogP contribution is -2.19. The molecule has 15 heavy (non-hydrogen) atoms. The Morgan fingerprint density at radius 2 is 2.27 bits per heavy atom. The predicted octanol–water partition coefficient (Wildman–Crippen LogP) is 0.853. The van der Waals surface area contributed by atoms with Crippen molar-refractivity contribution in [3.63, 3.8) is 0 Å². The summed E-state index contributed by atoms with van der Waals surface area (Å²) in [5.41, 5.74) is 0.634. The van der Waals surface area contributed by atoms with Crippen molar-refractivity contribution in [1.29, 1.82) is 0 Å². The third-order valence-corrected chi connectivity index (χ3v) is 2.26. The molecule has 0 fully saturated rings. The van der Waals surface area contributed by atoms with E-state index in [0.29, 0.717) is 18.1 Å². The van der Waals surface area contributed by atoms with Gasteiger partial charge in [-0.2, -0.15) is 4.98 Å². The summed E-state index contributed by atoms with van der Waals surface area (Å²) in [6.45, 7) is 2.53. The van der Waals surface area contributed by atoms with Crippen LogP contribution in [-0.4, -0.2) is 21.6 Å². The highest BCUT2D eigenvalue weighted by Crippen LogP contribution is 2.09. The van der Waals surface area contributed by atoms with Crippen LogP contribution in [0.3, 0.4) is 0 Å². The van der Waals surface area contributed by atoms with Gasteiger partial charge in [0.15, 0.2) is 0 Å². The van der Waals surface area contributed by atoms with Crippen molar-refractivity contribution in [1.82, 2.24) is 14.5 Å². The molecule has 2 rings (SSSR count). The molecule has 2 aromatic rings. The van der Waals surface area contributed by atoms with E-state index in [4.69, 9.17) is 0 Å². The summed E-state index contributed by atoms with van der Waals surface area (Å²) >= 11 is 0. The third kappa shape index (κ3) is 1.56. The smallest absolute Gasteiger partial charge is 0.252 e. The van der Waals surface area contributed by atoms with Crippen LogP contribution in [0, 0.1) is 0 Å². The van der Waals surface area contributed by atoms with Crippen molar-refractivity contribution in [3.8, 4) is 0 Å². The summed E-state index contributed by atoms with van der Waals surface area (Å²) in [5, 5.41) is 3.72. The largest absolute Gasteiger partial charge is 0.357 e. The van der Waals surface area contributed by atoms with Gasteiger partial charge in [-0.3, -0.25) is 9.36 Å². The van der Waals surface area contributed by atoms with Gasteiger partial charge in [0.25, 0.3) is 5.56 Å². The Hall–Kier alpha value is -1.91. The van der Waals surface area contributed by atoms with Crippen molar-refractivity contribution in [2.45, 2.75) is 13.5 Å². The van der Waals surface area contributed by atoms with Crippen LogP contribution in [0.2, 0.25) is 0 Å². The van der Waals surface area contributed by atoms with E-state index in [1.54, 1.807) is 23.9 Å². The minimum atomic E-state index is -0.0363. The summed E-state index contributed by atoms with van der Waals surface area (Å²) in [7, 11) is 1.75. The molecule has 5 heteroatoms. The normalized spacial score (nSPS) is 10.5. The highest BCUT2D eigenvalue weighted by molar-refractivity contribution is 5.74. The van der Waals surface area contributed by atoms with Crippen LogP contribution in [0.5, 0.6) is 0 Å². The number of hydrogen-bond acceptors (Lipinski definition) is 4. The molecule has 0 unspecified atom stereocenters. The molecule has 1 N–H and O–H groups in total. The molecule has 78 valence electrons. The zero-order chi connectivity index (χ0) is 10.8. The standard InChI is InChI=1S/C10H12N4O/c1-3-14-8(15)5-4-7-6-12-10(11-2)13-9(7)14/h4-6H,3H2,1-2H3,(H,11,12,13). The molecule has 0 aliphatic rings. The average molecular weight is 204 g/mol. The van der Waals surface area contributed by atoms with Gasteiger partial charge in [0.05, 0.1) is 0 Å². The molecule has 0 aromatic carbocycles. The minimum Gasteiger partial charge on any atom is -0.357 e. The maximum atomic E-state index is 11.5. The predicted molar refractivity (Wildman–Crippen MR) is 59.0 cm³/mol. The van der Waals surface area contributed by atoms with Gasteiger partial charge in [0, 0.05) is 31.2 Å². The van der Waals surface area contributed by atoms with E-state index in [2.05, 4.69) is 15.3 Å². The van der Waals surface area contributed by atoms with Crippen LogP contribution >= 0.6 is 0 Å². The number of pyridine rings is 1. The van der Waals surface area contributed by atoms with Crippen LogP contribution in [0.25, 0.3) is 11.0 Å². The first-order valence-electron chi connectivity index (χ1n) is 4.80. The summed E-state index contributed by atoms with van der Waals surface area (Å²) in [6.07, 6.45) is 1.71. The summed E-state index contributed by atoms with van der Waals surface area (Å²) in [4.78, 5) is 19.9. The number of aryl methyl sites for hydroxylation is 1. The van der Waals surface area contributed by atoms with Crippen molar-refractivity contribution < 1.29 is 0 Å². The fourth-order valence-corrected chi connectivity index (χ4v) is 1.50. The highest BCUT2D eigenvalue weighted by Gasteiger charge is 2.03. The van der Waals surface area contributed by atoms with Crippen molar-refractivity contribution in [2.24, 2.45) is 0 Å². The lowest BCUT2D eigenvalue weighted by Gasteiger charge is -2.06. The van der Waals surface area contributed by atoms with Gasteiger partial charge in [-0.15, -0.1) is 0 Å². The van der Waals surface area contributed by atoms with E-state index < -0.39 is 0 Å². The van der Waals surface area contributed by atoms with Crippen molar-refractivity contribution in [2.75, 3.05) is 12.4 Å². The molecule has 0 amide bonds. The lowest BCUT2D eigenvalue weighted by atomic mass is 10.3. The van der Waals surface area contributed by atoms with Crippen LogP contribution in [0.1, 0.15) is 6.92 Å². The molecule has 0 aliphatic carbocycles. The van der Waals surface area contributed by atoms with E-state index in [1.165, 1.54) is 6.07 Å². The SMILES string of the molecule is CCn1c(=O)ccc2cnc(NC)nc21. The number of fused-ring (bicyclic) bond motifs is 1. The zero-order valence-electron chi connectivity index (χ0n) is 8.69. The number of nitrogens with zero attached hydrogens (tertiary/aromatic N) is 3. The maximum absolute atomic E-state index is 11.5. The van der Waals surface area contributed by atoms with Crippen molar-refractivity contribution >= 4 is 17.0 Å². The molecular weight excluding hydrogens is 192 g/mol. The fourth-order valence-electron chi connectivity index (χ4n) is 1.50. The molecule has 0 saturated heterocycles. The monoisotopic (exact) mass is 204 g/mol. The molecule has 0 atom stereocenters. The molecule has 2 aromatic heterocycles. The number of hydrogen-bond donors (Lipinski definition) is 1. The fraction of sp³-hybridized carbons (Fsp3) is 0.300. The quantitative estimate of drug-likeness (QED) is 0.788. The van der Waals surface area contributed by atoms with Gasteiger partial charge in [0.2, 0.25) is 5.95 Å². The van der Waals surface area contributed by atoms with Gasteiger partial charge in [0.1, 0.15) is 5.65 Å². The Bertz CT molecular complexity index is 547. The maximum Gasteiger partial charge on any atom is 0.252 e. The second-order valence-corrected chi connectivity index (χ2v) is 3.14. The highest BCUT2D eigenvalue weighted by atomic mass is 16.1. The van der Waals surface area contributed by atoms with Crippen LogP contribution in [0.15, 0.2) is 23.1 Å². The van der Waals surface area contributed by atoms with E-state index in [9.17, 15) is 4.79 Å². The first-order valence-corrected chi connectivity index (χ1v) is 4.80. The topological polar surface area (TPSA) is 59.8 Å². The Balaban J connectivity index is 2.82. The summed E-state index contributed by atoms with van der Waals surface area (Å²) in [5.74, 6) is 0.523. The Morgan fingerprint density at radius 1 is 1.47 bits per heavy atom. The molecule has 5 nitrogen and oxygen atoms in total. The molecule has 0 bridgehead atoms. The van der Waals surface area contributed by atoms with E-state index in [-0.39, 0.29) is 5.56 Å². The number of anilines is 1. The van der Waals surface area contributed by atoms with Gasteiger partial charge >= 0.3 is 0 Å². The number of nitrogens with one attached hydrogen (secondary N) is 1.